The Morgan fingerprint density at radius 3 is 2.57 bits per heavy atom. The summed E-state index contributed by atoms with van der Waals surface area (Å²) in [6.07, 6.45) is 5.05. The quantitative estimate of drug-likeness (QED) is 0.792. The lowest BCUT2D eigenvalue weighted by Crippen LogP contribution is -2.49. The van der Waals surface area contributed by atoms with Crippen LogP contribution < -0.4 is 10.1 Å². The molecule has 2 aliphatic rings. The van der Waals surface area contributed by atoms with Crippen molar-refractivity contribution in [1.29, 1.82) is 0 Å². The molecule has 0 bridgehead atoms. The first-order valence-corrected chi connectivity index (χ1v) is 12.3. The van der Waals surface area contributed by atoms with Crippen LogP contribution in [0.1, 0.15) is 24.8 Å². The maximum Gasteiger partial charge on any atom is 0.237 e. The fraction of sp³-hybridized carbons (Fsp3) is 0.435. The lowest BCUT2D eigenvalue weighted by atomic mass is 10.0. The molecule has 2 aromatic rings. The van der Waals surface area contributed by atoms with Gasteiger partial charge in [0.1, 0.15) is 11.9 Å². The summed E-state index contributed by atoms with van der Waals surface area (Å²) in [5, 5.41) is 3.06. The molecule has 1 saturated heterocycles. The molecule has 1 amide bonds. The molecule has 1 fully saturated rings. The van der Waals surface area contributed by atoms with Crippen molar-refractivity contribution in [3.05, 3.63) is 48.0 Å². The number of benzene rings is 2. The first-order valence-electron chi connectivity index (χ1n) is 10.4. The van der Waals surface area contributed by atoms with Gasteiger partial charge in [0.05, 0.1) is 17.5 Å². The Morgan fingerprint density at radius 1 is 1.13 bits per heavy atom. The highest BCUT2D eigenvalue weighted by Gasteiger charge is 2.28. The topological polar surface area (TPSA) is 75.7 Å². The minimum Gasteiger partial charge on any atom is -0.488 e. The molecule has 6 nitrogen and oxygen atoms in total. The van der Waals surface area contributed by atoms with Gasteiger partial charge >= 0.3 is 0 Å². The number of hydrogen-bond acceptors (Lipinski definition) is 5. The van der Waals surface area contributed by atoms with Crippen molar-refractivity contribution < 1.29 is 17.9 Å². The number of fused-ring (bicyclic) bond motifs is 1. The Balaban J connectivity index is 1.38. The maximum absolute atomic E-state index is 12.5. The molecule has 0 unspecified atom stereocenters. The number of nitrogens with one attached hydrogen (secondary N) is 1. The summed E-state index contributed by atoms with van der Waals surface area (Å²) in [7, 11) is -1.19. The van der Waals surface area contributed by atoms with Crippen molar-refractivity contribution in [2.75, 3.05) is 26.4 Å². The van der Waals surface area contributed by atoms with E-state index < -0.39 is 9.84 Å². The van der Waals surface area contributed by atoms with Crippen molar-refractivity contribution >= 4 is 15.7 Å². The summed E-state index contributed by atoms with van der Waals surface area (Å²) in [4.78, 5) is 15.0. The van der Waals surface area contributed by atoms with Gasteiger partial charge < -0.3 is 10.1 Å². The standard InChI is InChI=1S/C23H28N2O4S/c1-25-12-4-3-5-21(25)23(26)24-15-19-14-18-13-17(8-11-22(18)29-19)16-6-9-20(10-7-16)30(2,27)28/h6-11,13,19,21H,3-5,12,14-15H2,1-2H3,(H,24,26)/t19-,21+/m0/s1. The minimum absolute atomic E-state index is 0.0379. The third kappa shape index (κ3) is 4.52. The Labute approximate surface area is 178 Å². The molecular weight excluding hydrogens is 400 g/mol. The van der Waals surface area contributed by atoms with Gasteiger partial charge in [-0.15, -0.1) is 0 Å². The molecule has 160 valence electrons. The molecule has 1 N–H and O–H groups in total. The van der Waals surface area contributed by atoms with E-state index in [0.29, 0.717) is 11.4 Å². The highest BCUT2D eigenvalue weighted by Crippen LogP contribution is 2.33. The maximum atomic E-state index is 12.5. The summed E-state index contributed by atoms with van der Waals surface area (Å²) in [6, 6.07) is 12.9. The summed E-state index contributed by atoms with van der Waals surface area (Å²) in [5.41, 5.74) is 3.09. The van der Waals surface area contributed by atoms with Crippen molar-refractivity contribution in [3.8, 4) is 16.9 Å². The van der Waals surface area contributed by atoms with Crippen LogP contribution in [0.3, 0.4) is 0 Å². The molecule has 2 aliphatic heterocycles. The largest absolute Gasteiger partial charge is 0.488 e. The first kappa shape index (κ1) is 20.9. The van der Waals surface area contributed by atoms with Gasteiger partial charge in [-0.05, 0) is 67.4 Å². The van der Waals surface area contributed by atoms with Gasteiger partial charge in [-0.25, -0.2) is 8.42 Å². The van der Waals surface area contributed by atoms with Crippen LogP contribution in [0, 0.1) is 0 Å². The van der Waals surface area contributed by atoms with Crippen LogP contribution in [0.15, 0.2) is 47.4 Å². The van der Waals surface area contributed by atoms with Gasteiger partial charge in [-0.2, -0.15) is 0 Å². The van der Waals surface area contributed by atoms with Gasteiger partial charge in [0.25, 0.3) is 0 Å². The van der Waals surface area contributed by atoms with E-state index in [4.69, 9.17) is 4.74 Å². The van der Waals surface area contributed by atoms with E-state index in [0.717, 1.165) is 54.7 Å². The third-order valence-electron chi connectivity index (χ3n) is 5.99. The van der Waals surface area contributed by atoms with Crippen molar-refractivity contribution in [3.63, 3.8) is 0 Å². The molecule has 0 radical (unpaired) electrons. The minimum atomic E-state index is -3.20. The Hall–Kier alpha value is -2.38. The number of rotatable bonds is 5. The van der Waals surface area contributed by atoms with Gasteiger partial charge in [-0.3, -0.25) is 9.69 Å². The molecule has 0 saturated carbocycles. The van der Waals surface area contributed by atoms with Crippen molar-refractivity contribution in [2.45, 2.75) is 42.7 Å². The lowest BCUT2D eigenvalue weighted by Gasteiger charge is -2.31. The fourth-order valence-electron chi connectivity index (χ4n) is 4.25. The third-order valence-corrected chi connectivity index (χ3v) is 7.12. The van der Waals surface area contributed by atoms with Crippen molar-refractivity contribution in [2.24, 2.45) is 0 Å². The van der Waals surface area contributed by atoms with Crippen LogP contribution in [0.25, 0.3) is 11.1 Å². The van der Waals surface area contributed by atoms with Crippen LogP contribution in [-0.2, 0) is 21.1 Å². The molecule has 7 heteroatoms. The Kier molecular flexibility index (Phi) is 5.84. The summed E-state index contributed by atoms with van der Waals surface area (Å²) < 4.78 is 29.3. The van der Waals surface area contributed by atoms with Crippen molar-refractivity contribution in [1.82, 2.24) is 10.2 Å². The second-order valence-electron chi connectivity index (χ2n) is 8.30. The number of nitrogens with zero attached hydrogens (tertiary/aromatic N) is 1. The molecule has 30 heavy (non-hydrogen) atoms. The molecule has 2 aromatic carbocycles. The second-order valence-corrected chi connectivity index (χ2v) is 10.3. The first-order chi connectivity index (χ1) is 14.3. The highest BCUT2D eigenvalue weighted by atomic mass is 32.2. The SMILES string of the molecule is CN1CCCC[C@@H]1C(=O)NC[C@@H]1Cc2cc(-c3ccc(S(C)(=O)=O)cc3)ccc2O1. The molecule has 2 atom stereocenters. The molecule has 4 rings (SSSR count). The fourth-order valence-corrected chi connectivity index (χ4v) is 4.88. The van der Waals surface area contributed by atoms with Crippen LogP contribution in [0.4, 0.5) is 0 Å². The number of amides is 1. The van der Waals surface area contributed by atoms with Gasteiger partial charge in [0.15, 0.2) is 9.84 Å². The van der Waals surface area contributed by atoms with E-state index in [1.165, 1.54) is 6.26 Å². The molecule has 2 heterocycles. The average Bonchev–Trinajstić information content (AvgIpc) is 3.14. The van der Waals surface area contributed by atoms with E-state index in [1.54, 1.807) is 12.1 Å². The molecule has 0 spiro atoms. The van der Waals surface area contributed by atoms with E-state index in [9.17, 15) is 13.2 Å². The van der Waals surface area contributed by atoms with Crippen LogP contribution in [0.5, 0.6) is 5.75 Å². The number of likely N-dealkylation sites (tertiary alicyclic amines) is 1. The summed E-state index contributed by atoms with van der Waals surface area (Å²) in [5.74, 6) is 0.934. The summed E-state index contributed by atoms with van der Waals surface area (Å²) >= 11 is 0. The number of piperidine rings is 1. The molecule has 0 aromatic heterocycles. The second kappa shape index (κ2) is 8.40. The predicted octanol–water partition coefficient (Wildman–Crippen LogP) is 2.66. The number of carbonyl (C=O) groups is 1. The predicted molar refractivity (Wildman–Crippen MR) is 116 cm³/mol. The van der Waals surface area contributed by atoms with Crippen LogP contribution in [0.2, 0.25) is 0 Å². The summed E-state index contributed by atoms with van der Waals surface area (Å²) in [6.45, 7) is 1.47. The van der Waals surface area contributed by atoms with E-state index >= 15 is 0 Å². The number of ether oxygens (including phenoxy) is 1. The molecular formula is C23H28N2O4S. The van der Waals surface area contributed by atoms with Crippen LogP contribution >= 0.6 is 0 Å². The number of hydrogen-bond donors (Lipinski definition) is 1. The van der Waals surface area contributed by atoms with Gasteiger partial charge in [0, 0.05) is 12.7 Å². The van der Waals surface area contributed by atoms with E-state index in [-0.39, 0.29) is 18.1 Å². The normalized spacial score (nSPS) is 21.7. The van der Waals surface area contributed by atoms with E-state index in [2.05, 4.69) is 16.3 Å². The number of likely N-dealkylation sites (N-methyl/N-ethyl adjacent to an activating group) is 1. The number of carbonyl (C=O) groups excluding carboxylic acids is 1. The number of sulfone groups is 1. The van der Waals surface area contributed by atoms with Crippen LogP contribution in [-0.4, -0.2) is 57.8 Å². The smallest absolute Gasteiger partial charge is 0.237 e. The monoisotopic (exact) mass is 428 g/mol. The zero-order valence-electron chi connectivity index (χ0n) is 17.4. The zero-order valence-corrected chi connectivity index (χ0v) is 18.2. The molecule has 0 aliphatic carbocycles. The van der Waals surface area contributed by atoms with E-state index in [1.807, 2.05) is 31.3 Å². The van der Waals surface area contributed by atoms with Gasteiger partial charge in [0.2, 0.25) is 5.91 Å². The average molecular weight is 429 g/mol. The lowest BCUT2D eigenvalue weighted by molar-refractivity contribution is -0.127. The highest BCUT2D eigenvalue weighted by molar-refractivity contribution is 7.90. The Bertz CT molecular complexity index is 1030. The Morgan fingerprint density at radius 2 is 1.87 bits per heavy atom. The van der Waals surface area contributed by atoms with Gasteiger partial charge in [-0.1, -0.05) is 24.6 Å². The zero-order chi connectivity index (χ0) is 21.3.